The lowest BCUT2D eigenvalue weighted by atomic mass is 10.2. The molecule has 17 heavy (non-hydrogen) atoms. The molecule has 1 fully saturated rings. The normalized spacial score (nSPS) is 18.4. The number of hydrogen-bond acceptors (Lipinski definition) is 3. The number of nitrogens with zero attached hydrogens (tertiary/aromatic N) is 3. The molecule has 0 aliphatic carbocycles. The summed E-state index contributed by atoms with van der Waals surface area (Å²) in [6, 6.07) is 0.717. The summed E-state index contributed by atoms with van der Waals surface area (Å²) in [7, 11) is 4.30. The molecule has 104 valence electrons. The zero-order valence-electron chi connectivity index (χ0n) is 12.9. The van der Waals surface area contributed by atoms with Crippen LogP contribution in [0, 0.1) is 0 Å². The number of hydrogen-bond donors (Lipinski definition) is 0. The Bertz CT molecular complexity index is 158. The molecule has 0 aromatic carbocycles. The van der Waals surface area contributed by atoms with Gasteiger partial charge in [0.2, 0.25) is 0 Å². The Morgan fingerprint density at radius 3 is 1.94 bits per heavy atom. The number of piperazine rings is 1. The van der Waals surface area contributed by atoms with Gasteiger partial charge in [0.1, 0.15) is 0 Å². The van der Waals surface area contributed by atoms with Crippen molar-refractivity contribution >= 4 is 0 Å². The van der Waals surface area contributed by atoms with Crippen LogP contribution in [0.2, 0.25) is 0 Å². The summed E-state index contributed by atoms with van der Waals surface area (Å²) in [5.74, 6) is 0. The van der Waals surface area contributed by atoms with E-state index in [-0.39, 0.29) is 0 Å². The second-order valence-electron chi connectivity index (χ2n) is 5.13. The van der Waals surface area contributed by atoms with Crippen LogP contribution >= 0.6 is 0 Å². The highest BCUT2D eigenvalue weighted by Crippen LogP contribution is 2.06. The first-order valence-electron chi connectivity index (χ1n) is 7.20. The smallest absolute Gasteiger partial charge is 0.0113 e. The molecule has 0 saturated carbocycles. The molecule has 1 aliphatic heterocycles. The summed E-state index contributed by atoms with van der Waals surface area (Å²) < 4.78 is 0. The van der Waals surface area contributed by atoms with Crippen molar-refractivity contribution in [3.63, 3.8) is 0 Å². The van der Waals surface area contributed by atoms with Crippen molar-refractivity contribution in [2.45, 2.75) is 40.2 Å². The molecule has 1 aliphatic rings. The number of rotatable bonds is 5. The second kappa shape index (κ2) is 9.86. The van der Waals surface area contributed by atoms with Gasteiger partial charge in [-0.25, -0.2) is 0 Å². The summed E-state index contributed by atoms with van der Waals surface area (Å²) in [4.78, 5) is 7.44. The molecule has 0 radical (unpaired) electrons. The molecular formula is C14H33N3. The maximum absolute atomic E-state index is 2.60. The minimum absolute atomic E-state index is 0.717. The lowest BCUT2D eigenvalue weighted by molar-refractivity contribution is 0.106. The SMILES string of the molecule is CC.CC(C)N1CCN(CCCN(C)C)CC1. The average Bonchev–Trinajstić information content (AvgIpc) is 2.32. The highest BCUT2D eigenvalue weighted by molar-refractivity contribution is 4.74. The Hall–Kier alpha value is -0.120. The van der Waals surface area contributed by atoms with Gasteiger partial charge in [0, 0.05) is 32.2 Å². The molecule has 0 N–H and O–H groups in total. The summed E-state index contributed by atoms with van der Waals surface area (Å²) in [6.07, 6.45) is 1.30. The van der Waals surface area contributed by atoms with Gasteiger partial charge in [0.05, 0.1) is 0 Å². The van der Waals surface area contributed by atoms with Gasteiger partial charge >= 0.3 is 0 Å². The quantitative estimate of drug-likeness (QED) is 0.731. The predicted octanol–water partition coefficient (Wildman–Crippen LogP) is 1.99. The van der Waals surface area contributed by atoms with E-state index in [0.29, 0.717) is 6.04 Å². The highest BCUT2D eigenvalue weighted by Gasteiger charge is 2.17. The third kappa shape index (κ3) is 7.74. The van der Waals surface area contributed by atoms with Gasteiger partial charge in [-0.05, 0) is 47.5 Å². The fourth-order valence-electron chi connectivity index (χ4n) is 2.11. The fraction of sp³-hybridized carbons (Fsp3) is 1.00. The van der Waals surface area contributed by atoms with Crippen LogP contribution < -0.4 is 0 Å². The third-order valence-electron chi connectivity index (χ3n) is 3.22. The summed E-state index contributed by atoms with van der Waals surface area (Å²) in [6.45, 7) is 16.1. The molecule has 0 aromatic rings. The van der Waals surface area contributed by atoms with Gasteiger partial charge in [-0.2, -0.15) is 0 Å². The van der Waals surface area contributed by atoms with E-state index in [1.807, 2.05) is 13.8 Å². The van der Waals surface area contributed by atoms with Crippen LogP contribution in [0.1, 0.15) is 34.1 Å². The largest absolute Gasteiger partial charge is 0.309 e. The Kier molecular flexibility index (Phi) is 9.79. The van der Waals surface area contributed by atoms with Crippen LogP contribution in [0.25, 0.3) is 0 Å². The van der Waals surface area contributed by atoms with Crippen LogP contribution in [0.5, 0.6) is 0 Å². The molecule has 3 nitrogen and oxygen atoms in total. The van der Waals surface area contributed by atoms with Gasteiger partial charge in [-0.1, -0.05) is 13.8 Å². The van der Waals surface area contributed by atoms with Crippen LogP contribution in [-0.4, -0.2) is 74.1 Å². The van der Waals surface area contributed by atoms with Crippen molar-refractivity contribution in [3.8, 4) is 0 Å². The summed E-state index contributed by atoms with van der Waals surface area (Å²) in [5.41, 5.74) is 0. The van der Waals surface area contributed by atoms with E-state index < -0.39 is 0 Å². The van der Waals surface area contributed by atoms with Crippen molar-refractivity contribution in [3.05, 3.63) is 0 Å². The maximum atomic E-state index is 2.60. The van der Waals surface area contributed by atoms with Crippen LogP contribution in [0.15, 0.2) is 0 Å². The predicted molar refractivity (Wildman–Crippen MR) is 77.7 cm³/mol. The van der Waals surface area contributed by atoms with Gasteiger partial charge in [0.25, 0.3) is 0 Å². The van der Waals surface area contributed by atoms with E-state index >= 15 is 0 Å². The molecule has 1 rings (SSSR count). The van der Waals surface area contributed by atoms with Gasteiger partial charge in [-0.3, -0.25) is 4.90 Å². The lowest BCUT2D eigenvalue weighted by Gasteiger charge is -2.37. The van der Waals surface area contributed by atoms with E-state index in [1.165, 1.54) is 45.7 Å². The summed E-state index contributed by atoms with van der Waals surface area (Å²) in [5, 5.41) is 0. The van der Waals surface area contributed by atoms with E-state index in [9.17, 15) is 0 Å². The van der Waals surface area contributed by atoms with E-state index in [1.54, 1.807) is 0 Å². The second-order valence-corrected chi connectivity index (χ2v) is 5.13. The molecule has 0 unspecified atom stereocenters. The van der Waals surface area contributed by atoms with E-state index in [2.05, 4.69) is 42.6 Å². The van der Waals surface area contributed by atoms with Gasteiger partial charge in [0.15, 0.2) is 0 Å². The van der Waals surface area contributed by atoms with Crippen LogP contribution in [0.3, 0.4) is 0 Å². The maximum Gasteiger partial charge on any atom is 0.0113 e. The molecule has 1 saturated heterocycles. The van der Waals surface area contributed by atoms with Crippen LogP contribution in [-0.2, 0) is 0 Å². The first-order valence-corrected chi connectivity index (χ1v) is 7.20. The molecule has 0 bridgehead atoms. The molecule has 0 atom stereocenters. The van der Waals surface area contributed by atoms with Crippen LogP contribution in [0.4, 0.5) is 0 Å². The van der Waals surface area contributed by atoms with Crippen molar-refractivity contribution in [2.24, 2.45) is 0 Å². The topological polar surface area (TPSA) is 9.72 Å². The Morgan fingerprint density at radius 1 is 1.00 bits per heavy atom. The Labute approximate surface area is 109 Å². The van der Waals surface area contributed by atoms with E-state index in [0.717, 1.165) is 0 Å². The Morgan fingerprint density at radius 2 is 1.53 bits per heavy atom. The van der Waals surface area contributed by atoms with Crippen molar-refractivity contribution in [1.29, 1.82) is 0 Å². The van der Waals surface area contributed by atoms with Gasteiger partial charge in [-0.15, -0.1) is 0 Å². The first kappa shape index (κ1) is 16.9. The zero-order chi connectivity index (χ0) is 13.3. The molecular weight excluding hydrogens is 210 g/mol. The fourth-order valence-corrected chi connectivity index (χ4v) is 2.11. The van der Waals surface area contributed by atoms with Crippen molar-refractivity contribution < 1.29 is 0 Å². The van der Waals surface area contributed by atoms with Gasteiger partial charge < -0.3 is 9.80 Å². The first-order chi connectivity index (χ1) is 8.09. The highest BCUT2D eigenvalue weighted by atomic mass is 15.3. The van der Waals surface area contributed by atoms with Crippen molar-refractivity contribution in [2.75, 3.05) is 53.4 Å². The minimum Gasteiger partial charge on any atom is -0.309 e. The molecule has 0 aromatic heterocycles. The van der Waals surface area contributed by atoms with Crippen molar-refractivity contribution in [1.82, 2.24) is 14.7 Å². The molecule has 3 heteroatoms. The molecule has 1 heterocycles. The molecule has 0 spiro atoms. The standard InChI is InChI=1S/C12H27N3.C2H6/c1-12(2)15-10-8-14(9-11-15)7-5-6-13(3)4;1-2/h12H,5-11H2,1-4H3;1-2H3. The Balaban J connectivity index is 0.00000121. The molecule has 0 amide bonds. The minimum atomic E-state index is 0.717. The monoisotopic (exact) mass is 243 g/mol. The van der Waals surface area contributed by atoms with E-state index in [4.69, 9.17) is 0 Å². The zero-order valence-corrected chi connectivity index (χ0v) is 12.9. The summed E-state index contributed by atoms with van der Waals surface area (Å²) >= 11 is 0. The third-order valence-corrected chi connectivity index (χ3v) is 3.22. The average molecular weight is 243 g/mol. The lowest BCUT2D eigenvalue weighted by Crippen LogP contribution is -2.49.